The second kappa shape index (κ2) is 43.5. The summed E-state index contributed by atoms with van der Waals surface area (Å²) >= 11 is 0. The first-order chi connectivity index (χ1) is 25.7. The lowest BCUT2D eigenvalue weighted by Crippen LogP contribution is -2.45. The Morgan fingerprint density at radius 1 is 0.462 bits per heavy atom. The molecule has 4 nitrogen and oxygen atoms in total. The summed E-state index contributed by atoms with van der Waals surface area (Å²) in [5.41, 5.74) is 0. The van der Waals surface area contributed by atoms with Crippen molar-refractivity contribution in [1.82, 2.24) is 5.32 Å². The smallest absolute Gasteiger partial charge is 0.220 e. The van der Waals surface area contributed by atoms with Gasteiger partial charge in [0, 0.05) is 6.42 Å². The van der Waals surface area contributed by atoms with Gasteiger partial charge >= 0.3 is 0 Å². The third-order valence-corrected chi connectivity index (χ3v) is 9.97. The van der Waals surface area contributed by atoms with Gasteiger partial charge in [0.25, 0.3) is 0 Å². The first kappa shape index (κ1) is 50.1. The van der Waals surface area contributed by atoms with Crippen LogP contribution in [0.15, 0.2) is 60.8 Å². The largest absolute Gasteiger partial charge is 0.394 e. The van der Waals surface area contributed by atoms with E-state index < -0.39 is 12.1 Å². The van der Waals surface area contributed by atoms with Crippen LogP contribution in [0.4, 0.5) is 0 Å². The maximum atomic E-state index is 12.4. The first-order valence-corrected chi connectivity index (χ1v) is 22.5. The molecule has 0 aromatic rings. The normalized spacial score (nSPS) is 13.5. The van der Waals surface area contributed by atoms with Crippen molar-refractivity contribution in [2.24, 2.45) is 0 Å². The van der Waals surface area contributed by atoms with E-state index in [1.807, 2.05) is 6.08 Å². The van der Waals surface area contributed by atoms with Crippen LogP contribution in [0.1, 0.15) is 219 Å². The van der Waals surface area contributed by atoms with Gasteiger partial charge < -0.3 is 15.5 Å². The third-order valence-electron chi connectivity index (χ3n) is 9.97. The van der Waals surface area contributed by atoms with E-state index in [0.29, 0.717) is 6.42 Å². The fourth-order valence-corrected chi connectivity index (χ4v) is 6.49. The van der Waals surface area contributed by atoms with Crippen molar-refractivity contribution in [3.8, 4) is 0 Å². The van der Waals surface area contributed by atoms with Gasteiger partial charge in [0.05, 0.1) is 18.8 Å². The van der Waals surface area contributed by atoms with Crippen molar-refractivity contribution < 1.29 is 15.0 Å². The number of amides is 1. The van der Waals surface area contributed by atoms with E-state index in [2.05, 4.69) is 67.8 Å². The number of rotatable bonds is 40. The maximum Gasteiger partial charge on any atom is 0.220 e. The monoisotopic (exact) mass is 726 g/mol. The Bertz CT molecular complexity index is 873. The van der Waals surface area contributed by atoms with Gasteiger partial charge in [-0.1, -0.05) is 203 Å². The summed E-state index contributed by atoms with van der Waals surface area (Å²) in [7, 11) is 0. The van der Waals surface area contributed by atoms with Crippen LogP contribution < -0.4 is 5.32 Å². The molecule has 0 rings (SSSR count). The minimum Gasteiger partial charge on any atom is -0.394 e. The van der Waals surface area contributed by atoms with Gasteiger partial charge in [-0.3, -0.25) is 4.79 Å². The van der Waals surface area contributed by atoms with Crippen LogP contribution in [-0.2, 0) is 4.79 Å². The standard InChI is InChI=1S/C48H87NO3/c1-3-5-7-9-11-13-15-17-18-19-20-21-22-23-24-25-26-27-28-29-30-32-34-36-38-40-42-44-48(52)49-46(45-50)47(51)43-41-39-37-35-33-31-16-14-12-10-8-6-4-2/h15,17,19-20,22-23,33,35,41,43,46-47,50-51H,3-14,16,18,21,24-32,34,36-40,42,44-45H2,1-2H3,(H,49,52)/b17-15-,20-19-,23-22-,35-33+,43-41+. The SMILES string of the molecule is CCCCCCC/C=C\C/C=C\C/C=C\CCCCCCCCCCCCCCC(=O)NC(CO)C(O)/C=C/CC/C=C/CCCCCCCCC. The van der Waals surface area contributed by atoms with Gasteiger partial charge in [-0.15, -0.1) is 0 Å². The van der Waals surface area contributed by atoms with Crippen molar-refractivity contribution in [2.75, 3.05) is 6.61 Å². The zero-order chi connectivity index (χ0) is 37.8. The summed E-state index contributed by atoms with van der Waals surface area (Å²) < 4.78 is 0. The highest BCUT2D eigenvalue weighted by Gasteiger charge is 2.17. The lowest BCUT2D eigenvalue weighted by molar-refractivity contribution is -0.123. The zero-order valence-electron chi connectivity index (χ0n) is 34.6. The number of hydrogen-bond acceptors (Lipinski definition) is 3. The lowest BCUT2D eigenvalue weighted by atomic mass is 10.0. The van der Waals surface area contributed by atoms with Crippen molar-refractivity contribution in [2.45, 2.75) is 231 Å². The second-order valence-corrected chi connectivity index (χ2v) is 15.1. The number of aliphatic hydroxyl groups excluding tert-OH is 2. The molecule has 0 saturated heterocycles. The Hall–Kier alpha value is -1.91. The summed E-state index contributed by atoms with van der Waals surface area (Å²) in [6.07, 6.45) is 60.5. The molecular formula is C48H87NO3. The molecule has 0 aliphatic carbocycles. The highest BCUT2D eigenvalue weighted by Crippen LogP contribution is 2.14. The Morgan fingerprint density at radius 2 is 0.808 bits per heavy atom. The minimum absolute atomic E-state index is 0.0783. The molecule has 3 N–H and O–H groups in total. The predicted octanol–water partition coefficient (Wildman–Crippen LogP) is 14.1. The Balaban J connectivity index is 3.57. The molecule has 0 aromatic heterocycles. The molecule has 0 aromatic carbocycles. The van der Waals surface area contributed by atoms with Crippen LogP contribution in [0.5, 0.6) is 0 Å². The van der Waals surface area contributed by atoms with Gasteiger partial charge in [0.15, 0.2) is 0 Å². The van der Waals surface area contributed by atoms with Crippen molar-refractivity contribution in [3.05, 3.63) is 60.8 Å². The van der Waals surface area contributed by atoms with Crippen molar-refractivity contribution >= 4 is 5.91 Å². The number of nitrogens with one attached hydrogen (secondary N) is 1. The molecule has 0 fully saturated rings. The van der Waals surface area contributed by atoms with Gasteiger partial charge in [-0.2, -0.15) is 0 Å². The molecule has 0 aliphatic heterocycles. The molecule has 1 amide bonds. The summed E-state index contributed by atoms with van der Waals surface area (Å²) in [5.74, 6) is -0.0783. The van der Waals surface area contributed by atoms with E-state index >= 15 is 0 Å². The fourth-order valence-electron chi connectivity index (χ4n) is 6.49. The van der Waals surface area contributed by atoms with Gasteiger partial charge in [-0.05, 0) is 70.6 Å². The van der Waals surface area contributed by atoms with E-state index in [9.17, 15) is 15.0 Å². The van der Waals surface area contributed by atoms with E-state index in [0.717, 1.165) is 44.9 Å². The quantitative estimate of drug-likeness (QED) is 0.0435. The number of aliphatic hydroxyl groups is 2. The van der Waals surface area contributed by atoms with Crippen LogP contribution in [0, 0.1) is 0 Å². The molecule has 52 heavy (non-hydrogen) atoms. The molecule has 0 radical (unpaired) electrons. The van der Waals surface area contributed by atoms with Gasteiger partial charge in [0.1, 0.15) is 0 Å². The Kier molecular flexibility index (Phi) is 41.9. The molecule has 0 aliphatic rings. The third kappa shape index (κ3) is 39.3. The molecule has 2 unspecified atom stereocenters. The number of hydrogen-bond donors (Lipinski definition) is 3. The highest BCUT2D eigenvalue weighted by atomic mass is 16.3. The Morgan fingerprint density at radius 3 is 1.25 bits per heavy atom. The van der Waals surface area contributed by atoms with E-state index in [1.165, 1.54) is 154 Å². The first-order valence-electron chi connectivity index (χ1n) is 22.5. The maximum absolute atomic E-state index is 12.4. The van der Waals surface area contributed by atoms with Crippen LogP contribution in [-0.4, -0.2) is 34.9 Å². The summed E-state index contributed by atoms with van der Waals surface area (Å²) in [6.45, 7) is 4.27. The molecule has 0 saturated carbocycles. The predicted molar refractivity (Wildman–Crippen MR) is 230 cm³/mol. The van der Waals surface area contributed by atoms with E-state index in [1.54, 1.807) is 6.08 Å². The highest BCUT2D eigenvalue weighted by molar-refractivity contribution is 5.76. The minimum atomic E-state index is -0.863. The van der Waals surface area contributed by atoms with Crippen LogP contribution in [0.25, 0.3) is 0 Å². The molecule has 0 bridgehead atoms. The summed E-state index contributed by atoms with van der Waals surface area (Å²) in [5, 5.41) is 22.9. The topological polar surface area (TPSA) is 69.6 Å². The Labute approximate surface area is 324 Å². The van der Waals surface area contributed by atoms with Crippen LogP contribution in [0.2, 0.25) is 0 Å². The van der Waals surface area contributed by atoms with Gasteiger partial charge in [-0.25, -0.2) is 0 Å². The molecule has 2 atom stereocenters. The van der Waals surface area contributed by atoms with E-state index in [4.69, 9.17) is 0 Å². The zero-order valence-corrected chi connectivity index (χ0v) is 34.6. The van der Waals surface area contributed by atoms with Crippen LogP contribution >= 0.6 is 0 Å². The molecule has 4 heteroatoms. The van der Waals surface area contributed by atoms with Crippen LogP contribution in [0.3, 0.4) is 0 Å². The lowest BCUT2D eigenvalue weighted by Gasteiger charge is -2.19. The molecule has 302 valence electrons. The van der Waals surface area contributed by atoms with Crippen molar-refractivity contribution in [1.29, 1.82) is 0 Å². The number of carbonyl (C=O) groups excluding carboxylic acids is 1. The second-order valence-electron chi connectivity index (χ2n) is 15.1. The summed E-state index contributed by atoms with van der Waals surface area (Å²) in [4.78, 5) is 12.4. The molecule has 0 heterocycles. The van der Waals surface area contributed by atoms with E-state index in [-0.39, 0.29) is 12.5 Å². The molecule has 0 spiro atoms. The number of allylic oxidation sites excluding steroid dienone is 9. The summed E-state index contributed by atoms with van der Waals surface area (Å²) in [6, 6.07) is -0.641. The van der Waals surface area contributed by atoms with Gasteiger partial charge in [0.2, 0.25) is 5.91 Å². The number of unbranched alkanes of at least 4 members (excludes halogenated alkanes) is 25. The molecular weight excluding hydrogens is 639 g/mol. The van der Waals surface area contributed by atoms with Crippen molar-refractivity contribution in [3.63, 3.8) is 0 Å². The average Bonchev–Trinajstić information content (AvgIpc) is 3.15. The fraction of sp³-hybridized carbons (Fsp3) is 0.771. The number of carbonyl (C=O) groups is 1. The average molecular weight is 726 g/mol.